The Morgan fingerprint density at radius 1 is 1.22 bits per heavy atom. The van der Waals surface area contributed by atoms with Crippen LogP contribution >= 0.6 is 0 Å². The van der Waals surface area contributed by atoms with Crippen LogP contribution in [0.1, 0.15) is 47.7 Å². The number of benzene rings is 2. The van der Waals surface area contributed by atoms with Gasteiger partial charge in [0.25, 0.3) is 0 Å². The Morgan fingerprint density at radius 2 is 2.06 bits per heavy atom. The summed E-state index contributed by atoms with van der Waals surface area (Å²) in [5.74, 6) is -1.10. The molecule has 0 fully saturated rings. The van der Waals surface area contributed by atoms with E-state index in [0.717, 1.165) is 49.7 Å². The molecule has 0 radical (unpaired) electrons. The molecule has 3 N–H and O–H groups in total. The van der Waals surface area contributed by atoms with Crippen molar-refractivity contribution < 1.29 is 18.3 Å². The number of nitrogens with zero attached hydrogens (tertiary/aromatic N) is 1. The summed E-state index contributed by atoms with van der Waals surface area (Å²) < 4.78 is 33.3. The van der Waals surface area contributed by atoms with Crippen molar-refractivity contribution in [1.82, 2.24) is 9.88 Å². The third-order valence-electron chi connectivity index (χ3n) is 6.24. The minimum absolute atomic E-state index is 0.0680. The molecular formula is C25H29F2N3O2. The van der Waals surface area contributed by atoms with Crippen molar-refractivity contribution in [2.24, 2.45) is 5.73 Å². The lowest BCUT2D eigenvalue weighted by atomic mass is 9.95. The lowest BCUT2D eigenvalue weighted by Gasteiger charge is -2.35. The fourth-order valence-corrected chi connectivity index (χ4v) is 4.66. The molecule has 1 atom stereocenters. The molecule has 1 aliphatic rings. The molecule has 170 valence electrons. The normalized spacial score (nSPS) is 15.7. The Hall–Kier alpha value is -2.93. The van der Waals surface area contributed by atoms with Crippen LogP contribution in [0.4, 0.5) is 8.78 Å². The van der Waals surface area contributed by atoms with E-state index in [1.165, 1.54) is 29.8 Å². The lowest BCUT2D eigenvalue weighted by molar-refractivity contribution is 0.0984. The first-order valence-electron chi connectivity index (χ1n) is 11.2. The summed E-state index contributed by atoms with van der Waals surface area (Å²) in [7, 11) is 0. The number of aryl methyl sites for hydroxylation is 1. The van der Waals surface area contributed by atoms with E-state index in [9.17, 15) is 13.6 Å². The highest BCUT2D eigenvalue weighted by atomic mass is 19.1. The number of carbonyl (C=O) groups is 1. The van der Waals surface area contributed by atoms with Crippen LogP contribution < -0.4 is 10.5 Å². The zero-order valence-corrected chi connectivity index (χ0v) is 18.3. The molecule has 2 aromatic carbocycles. The van der Waals surface area contributed by atoms with Gasteiger partial charge in [0, 0.05) is 34.3 Å². The highest BCUT2D eigenvalue weighted by Crippen LogP contribution is 2.32. The summed E-state index contributed by atoms with van der Waals surface area (Å²) in [4.78, 5) is 17.3. The molecule has 7 heteroatoms. The van der Waals surface area contributed by atoms with Crippen molar-refractivity contribution in [3.05, 3.63) is 64.9 Å². The smallest absolute Gasteiger partial charge is 0.249 e. The van der Waals surface area contributed by atoms with Gasteiger partial charge in [-0.05, 0) is 81.1 Å². The minimum atomic E-state index is -0.564. The second-order valence-electron chi connectivity index (χ2n) is 8.43. The zero-order chi connectivity index (χ0) is 22.7. The fourth-order valence-electron chi connectivity index (χ4n) is 4.66. The molecule has 0 saturated carbocycles. The molecule has 5 nitrogen and oxygen atoms in total. The van der Waals surface area contributed by atoms with E-state index >= 15 is 0 Å². The van der Waals surface area contributed by atoms with Crippen molar-refractivity contribution in [3.8, 4) is 5.75 Å². The number of nitrogens with two attached hydrogens (primary N) is 1. The number of primary amides is 1. The predicted octanol–water partition coefficient (Wildman–Crippen LogP) is 4.58. The lowest BCUT2D eigenvalue weighted by Crippen LogP contribution is -2.44. The van der Waals surface area contributed by atoms with Gasteiger partial charge >= 0.3 is 0 Å². The largest absolute Gasteiger partial charge is 0.489 e. The number of carbonyl (C=O) groups excluding carboxylic acids is 1. The summed E-state index contributed by atoms with van der Waals surface area (Å²) in [6, 6.07) is 7.59. The van der Waals surface area contributed by atoms with E-state index in [2.05, 4.69) is 16.8 Å². The molecule has 32 heavy (non-hydrogen) atoms. The van der Waals surface area contributed by atoms with Crippen LogP contribution in [0.2, 0.25) is 0 Å². The average molecular weight is 442 g/mol. The summed E-state index contributed by atoms with van der Waals surface area (Å²) >= 11 is 0. The molecule has 0 saturated heterocycles. The minimum Gasteiger partial charge on any atom is -0.489 e. The first-order valence-corrected chi connectivity index (χ1v) is 11.2. The third-order valence-corrected chi connectivity index (χ3v) is 6.24. The molecule has 1 amide bonds. The number of fused-ring (bicyclic) bond motifs is 2. The molecule has 1 aliphatic heterocycles. The average Bonchev–Trinajstić information content (AvgIpc) is 3.17. The number of H-pyrrole nitrogens is 1. The number of rotatable bonds is 9. The topological polar surface area (TPSA) is 71.3 Å². The van der Waals surface area contributed by atoms with Crippen LogP contribution in [0.25, 0.3) is 10.9 Å². The Balaban J connectivity index is 1.39. The number of aromatic nitrogens is 1. The van der Waals surface area contributed by atoms with Crippen LogP contribution in [0.5, 0.6) is 5.75 Å². The maximum absolute atomic E-state index is 14.2. The Labute approximate surface area is 186 Å². The fraction of sp³-hybridized carbons (Fsp3) is 0.400. The molecule has 3 aromatic rings. The molecule has 0 aliphatic carbocycles. The molecule has 0 bridgehead atoms. The standard InChI is InChI=1S/C25H29F2N3O2/c1-2-10-30(11-4-3-5-16-14-29-23-12-17(26)6-7-19(16)23)18-13-21-20(25(28)31)8-9-22(27)24(21)32-15-18/h6-9,12,14,18,29H,2-5,10-11,13,15H2,1H3,(H2,28,31). The number of halogens is 2. The number of aromatic amines is 1. The molecule has 0 spiro atoms. The summed E-state index contributed by atoms with van der Waals surface area (Å²) in [5.41, 5.74) is 8.42. The molecular weight excluding hydrogens is 412 g/mol. The van der Waals surface area contributed by atoms with Crippen molar-refractivity contribution in [3.63, 3.8) is 0 Å². The number of unbranched alkanes of at least 4 members (excludes halogenated alkanes) is 1. The van der Waals surface area contributed by atoms with Crippen molar-refractivity contribution in [2.75, 3.05) is 19.7 Å². The van der Waals surface area contributed by atoms with E-state index in [0.29, 0.717) is 24.2 Å². The van der Waals surface area contributed by atoms with E-state index < -0.39 is 11.7 Å². The number of nitrogens with one attached hydrogen (secondary N) is 1. The van der Waals surface area contributed by atoms with Crippen LogP contribution in [-0.4, -0.2) is 41.5 Å². The van der Waals surface area contributed by atoms with Gasteiger partial charge in [-0.15, -0.1) is 0 Å². The summed E-state index contributed by atoms with van der Waals surface area (Å²) in [5, 5.41) is 1.06. The number of hydrogen-bond donors (Lipinski definition) is 2. The predicted molar refractivity (Wildman–Crippen MR) is 121 cm³/mol. The van der Waals surface area contributed by atoms with Gasteiger partial charge in [-0.3, -0.25) is 9.69 Å². The quantitative estimate of drug-likeness (QED) is 0.478. The van der Waals surface area contributed by atoms with Crippen LogP contribution in [0.3, 0.4) is 0 Å². The number of hydrogen-bond acceptors (Lipinski definition) is 3. The van der Waals surface area contributed by atoms with Gasteiger partial charge in [-0.2, -0.15) is 0 Å². The molecule has 2 heterocycles. The second-order valence-corrected chi connectivity index (χ2v) is 8.43. The zero-order valence-electron chi connectivity index (χ0n) is 18.3. The maximum Gasteiger partial charge on any atom is 0.249 e. The molecule has 1 aromatic heterocycles. The van der Waals surface area contributed by atoms with E-state index in [1.54, 1.807) is 0 Å². The SMILES string of the molecule is CCCN(CCCCc1c[nH]c2cc(F)ccc12)C1COc2c(F)ccc(C(N)=O)c2C1. The first kappa shape index (κ1) is 22.3. The first-order chi connectivity index (χ1) is 15.5. The van der Waals surface area contributed by atoms with Gasteiger partial charge in [0.1, 0.15) is 12.4 Å². The Kier molecular flexibility index (Phi) is 6.74. The van der Waals surface area contributed by atoms with Gasteiger partial charge < -0.3 is 15.5 Å². The van der Waals surface area contributed by atoms with Crippen LogP contribution in [0.15, 0.2) is 36.5 Å². The van der Waals surface area contributed by atoms with Crippen molar-refractivity contribution >= 4 is 16.8 Å². The highest BCUT2D eigenvalue weighted by Gasteiger charge is 2.29. The second kappa shape index (κ2) is 9.69. The van der Waals surface area contributed by atoms with Gasteiger partial charge in [-0.25, -0.2) is 8.78 Å². The number of amides is 1. The monoisotopic (exact) mass is 441 g/mol. The molecule has 4 rings (SSSR count). The summed E-state index contributed by atoms with van der Waals surface area (Å²) in [6.07, 6.45) is 6.38. The van der Waals surface area contributed by atoms with E-state index in [4.69, 9.17) is 10.5 Å². The van der Waals surface area contributed by atoms with Gasteiger partial charge in [0.15, 0.2) is 11.6 Å². The van der Waals surface area contributed by atoms with Gasteiger partial charge in [0.05, 0.1) is 0 Å². The van der Waals surface area contributed by atoms with Crippen LogP contribution in [0, 0.1) is 11.6 Å². The van der Waals surface area contributed by atoms with Crippen molar-refractivity contribution in [1.29, 1.82) is 0 Å². The van der Waals surface area contributed by atoms with Crippen LogP contribution in [-0.2, 0) is 12.8 Å². The van der Waals surface area contributed by atoms with E-state index in [-0.39, 0.29) is 17.6 Å². The Morgan fingerprint density at radius 3 is 2.84 bits per heavy atom. The van der Waals surface area contributed by atoms with Crippen molar-refractivity contribution in [2.45, 2.75) is 45.1 Å². The number of ether oxygens (including phenoxy) is 1. The van der Waals surface area contributed by atoms with Gasteiger partial charge in [-0.1, -0.05) is 6.92 Å². The van der Waals surface area contributed by atoms with E-state index in [1.807, 2.05) is 12.3 Å². The maximum atomic E-state index is 14.2. The third kappa shape index (κ3) is 4.63. The highest BCUT2D eigenvalue weighted by molar-refractivity contribution is 5.95. The Bertz CT molecular complexity index is 1110. The van der Waals surface area contributed by atoms with Gasteiger partial charge in [0.2, 0.25) is 5.91 Å². The summed E-state index contributed by atoms with van der Waals surface area (Å²) in [6.45, 7) is 4.30. The molecule has 1 unspecified atom stereocenters.